The summed E-state index contributed by atoms with van der Waals surface area (Å²) in [6.07, 6.45) is 3.22. The molecule has 0 saturated heterocycles. The Kier molecular flexibility index (Phi) is 5.52. The normalized spacial score (nSPS) is 11.1. The number of nitrogens with zero attached hydrogens (tertiary/aromatic N) is 4. The Morgan fingerprint density at radius 1 is 1.03 bits per heavy atom. The molecule has 0 bridgehead atoms. The number of rotatable bonds is 6. The lowest BCUT2D eigenvalue weighted by Crippen LogP contribution is -2.22. The molecule has 30 heavy (non-hydrogen) atoms. The van der Waals surface area contributed by atoms with E-state index in [0.29, 0.717) is 11.5 Å². The van der Waals surface area contributed by atoms with Crippen LogP contribution in [-0.4, -0.2) is 32.8 Å². The van der Waals surface area contributed by atoms with E-state index in [1.54, 1.807) is 17.7 Å². The van der Waals surface area contributed by atoms with Crippen molar-refractivity contribution in [3.63, 3.8) is 0 Å². The third kappa shape index (κ3) is 4.35. The predicted octanol–water partition coefficient (Wildman–Crippen LogP) is 3.44. The fourth-order valence-corrected chi connectivity index (χ4v) is 2.93. The summed E-state index contributed by atoms with van der Waals surface area (Å²) in [5.41, 5.74) is 4.55. The van der Waals surface area contributed by atoms with E-state index >= 15 is 0 Å². The van der Waals surface area contributed by atoms with Crippen LogP contribution >= 0.6 is 0 Å². The van der Waals surface area contributed by atoms with Gasteiger partial charge in [-0.1, -0.05) is 42.0 Å². The molecule has 0 aliphatic rings. The van der Waals surface area contributed by atoms with Crippen LogP contribution in [0.25, 0.3) is 23.0 Å². The zero-order chi connectivity index (χ0) is 20.9. The molecule has 0 atom stereocenters. The molecule has 0 aliphatic heterocycles. The lowest BCUT2D eigenvalue weighted by atomic mass is 10.1. The van der Waals surface area contributed by atoms with E-state index in [0.717, 1.165) is 22.6 Å². The van der Waals surface area contributed by atoms with E-state index in [1.807, 2.05) is 67.6 Å². The predicted molar refractivity (Wildman–Crippen MR) is 115 cm³/mol. The van der Waals surface area contributed by atoms with E-state index < -0.39 is 0 Å². The third-order valence-corrected chi connectivity index (χ3v) is 4.64. The van der Waals surface area contributed by atoms with Gasteiger partial charge >= 0.3 is 0 Å². The number of carbonyl (C=O) groups is 1. The summed E-state index contributed by atoms with van der Waals surface area (Å²) in [6, 6.07) is 19.4. The van der Waals surface area contributed by atoms with Crippen molar-refractivity contribution in [2.45, 2.75) is 13.5 Å². The quantitative estimate of drug-likeness (QED) is 0.502. The van der Waals surface area contributed by atoms with Crippen molar-refractivity contribution < 1.29 is 9.53 Å². The molecule has 4 aromatic rings. The van der Waals surface area contributed by atoms with Gasteiger partial charge < -0.3 is 10.1 Å². The van der Waals surface area contributed by atoms with Crippen LogP contribution in [0.5, 0.6) is 5.75 Å². The van der Waals surface area contributed by atoms with Crippen molar-refractivity contribution in [2.75, 3.05) is 7.11 Å². The fraction of sp³-hybridized carbons (Fsp3) is 0.130. The van der Waals surface area contributed by atoms with Crippen LogP contribution in [0.15, 0.2) is 66.7 Å². The maximum atomic E-state index is 12.2. The van der Waals surface area contributed by atoms with E-state index in [1.165, 1.54) is 11.6 Å². The van der Waals surface area contributed by atoms with Crippen LogP contribution in [0.3, 0.4) is 0 Å². The molecule has 0 spiro atoms. The van der Waals surface area contributed by atoms with Gasteiger partial charge in [0.15, 0.2) is 11.5 Å². The Bertz CT molecular complexity index is 1190. The Hall–Kier alpha value is -4.00. The largest absolute Gasteiger partial charge is 0.497 e. The minimum absolute atomic E-state index is 0.220. The molecule has 2 heterocycles. The summed E-state index contributed by atoms with van der Waals surface area (Å²) in [5.74, 6) is 1.11. The molecular formula is C23H21N5O2. The van der Waals surface area contributed by atoms with Crippen LogP contribution in [0.4, 0.5) is 0 Å². The van der Waals surface area contributed by atoms with Crippen molar-refractivity contribution in [1.82, 2.24) is 25.1 Å². The van der Waals surface area contributed by atoms with E-state index in [9.17, 15) is 4.79 Å². The lowest BCUT2D eigenvalue weighted by Gasteiger charge is -2.04. The van der Waals surface area contributed by atoms with Crippen molar-refractivity contribution in [1.29, 1.82) is 0 Å². The van der Waals surface area contributed by atoms with Crippen molar-refractivity contribution in [3.05, 3.63) is 83.7 Å². The molecular weight excluding hydrogens is 378 g/mol. The van der Waals surface area contributed by atoms with Gasteiger partial charge in [0.2, 0.25) is 5.91 Å². The number of ether oxygens (including phenoxy) is 1. The van der Waals surface area contributed by atoms with E-state index in [4.69, 9.17) is 4.74 Å². The highest BCUT2D eigenvalue weighted by molar-refractivity contribution is 5.91. The second-order valence-electron chi connectivity index (χ2n) is 6.80. The number of hydrogen-bond acceptors (Lipinski definition) is 5. The number of hydrogen-bond donors (Lipinski definition) is 1. The first-order chi connectivity index (χ1) is 14.6. The number of amides is 1. The van der Waals surface area contributed by atoms with Gasteiger partial charge in [-0.15, -0.1) is 10.2 Å². The molecule has 1 N–H and O–H groups in total. The van der Waals surface area contributed by atoms with Gasteiger partial charge in [-0.05, 0) is 42.8 Å². The molecule has 0 aliphatic carbocycles. The zero-order valence-electron chi connectivity index (χ0n) is 16.7. The summed E-state index contributed by atoms with van der Waals surface area (Å²) in [5, 5.41) is 15.7. The van der Waals surface area contributed by atoms with Crippen LogP contribution in [-0.2, 0) is 11.3 Å². The molecule has 2 aromatic carbocycles. The summed E-state index contributed by atoms with van der Waals surface area (Å²) in [4.78, 5) is 12.2. The Balaban J connectivity index is 1.45. The summed E-state index contributed by atoms with van der Waals surface area (Å²) in [7, 11) is 1.62. The summed E-state index contributed by atoms with van der Waals surface area (Å²) in [6.45, 7) is 2.27. The molecule has 0 unspecified atom stereocenters. The molecule has 0 radical (unpaired) electrons. The highest BCUT2D eigenvalue weighted by Gasteiger charge is 2.09. The van der Waals surface area contributed by atoms with Gasteiger partial charge in [0.25, 0.3) is 0 Å². The van der Waals surface area contributed by atoms with Crippen molar-refractivity contribution in [3.8, 4) is 17.0 Å². The SMILES string of the molecule is COc1ccc(C=CC(=O)NCc2nnc3ccc(-c4ccc(C)cc4)nn23)cc1. The van der Waals surface area contributed by atoms with Gasteiger partial charge in [0.1, 0.15) is 5.75 Å². The molecule has 7 nitrogen and oxygen atoms in total. The van der Waals surface area contributed by atoms with Crippen LogP contribution in [0.1, 0.15) is 17.0 Å². The minimum atomic E-state index is -0.225. The maximum Gasteiger partial charge on any atom is 0.244 e. The molecule has 0 fully saturated rings. The average Bonchev–Trinajstić information content (AvgIpc) is 3.19. The van der Waals surface area contributed by atoms with E-state index in [2.05, 4.69) is 20.6 Å². The van der Waals surface area contributed by atoms with Crippen LogP contribution in [0.2, 0.25) is 0 Å². The number of nitrogens with one attached hydrogen (secondary N) is 1. The monoisotopic (exact) mass is 399 g/mol. The van der Waals surface area contributed by atoms with Crippen LogP contribution < -0.4 is 10.1 Å². The molecule has 0 saturated carbocycles. The Morgan fingerprint density at radius 2 is 1.80 bits per heavy atom. The lowest BCUT2D eigenvalue weighted by molar-refractivity contribution is -0.116. The fourth-order valence-electron chi connectivity index (χ4n) is 2.93. The average molecular weight is 399 g/mol. The first kappa shape index (κ1) is 19.3. The number of carbonyl (C=O) groups excluding carboxylic acids is 1. The standard InChI is InChI=1S/C23H21N5O2/c1-16-3-8-18(9-4-16)20-12-13-21-25-26-22(28(21)27-20)15-24-23(29)14-7-17-5-10-19(30-2)11-6-17/h3-14H,15H2,1-2H3,(H,24,29). The maximum absolute atomic E-state index is 12.2. The molecule has 2 aromatic heterocycles. The van der Waals surface area contributed by atoms with Gasteiger partial charge in [0, 0.05) is 11.6 Å². The topological polar surface area (TPSA) is 81.4 Å². The highest BCUT2D eigenvalue weighted by atomic mass is 16.5. The molecule has 150 valence electrons. The number of benzene rings is 2. The Labute approximate surface area is 174 Å². The molecule has 1 amide bonds. The minimum Gasteiger partial charge on any atom is -0.497 e. The molecule has 4 rings (SSSR count). The summed E-state index contributed by atoms with van der Waals surface area (Å²) < 4.78 is 6.78. The molecule has 7 heteroatoms. The van der Waals surface area contributed by atoms with Gasteiger partial charge in [-0.25, -0.2) is 0 Å². The zero-order valence-corrected chi connectivity index (χ0v) is 16.7. The second-order valence-corrected chi connectivity index (χ2v) is 6.80. The van der Waals surface area contributed by atoms with Crippen molar-refractivity contribution in [2.24, 2.45) is 0 Å². The third-order valence-electron chi connectivity index (χ3n) is 4.64. The summed E-state index contributed by atoms with van der Waals surface area (Å²) >= 11 is 0. The van der Waals surface area contributed by atoms with Gasteiger partial charge in [-0.2, -0.15) is 9.61 Å². The number of fused-ring (bicyclic) bond motifs is 1. The Morgan fingerprint density at radius 3 is 2.53 bits per heavy atom. The van der Waals surface area contributed by atoms with E-state index in [-0.39, 0.29) is 12.5 Å². The second kappa shape index (κ2) is 8.57. The van der Waals surface area contributed by atoms with Gasteiger partial charge in [0.05, 0.1) is 19.3 Å². The first-order valence-electron chi connectivity index (χ1n) is 9.51. The number of aryl methyl sites for hydroxylation is 1. The number of methoxy groups -OCH3 is 1. The first-order valence-corrected chi connectivity index (χ1v) is 9.51. The number of aromatic nitrogens is 4. The smallest absolute Gasteiger partial charge is 0.244 e. The van der Waals surface area contributed by atoms with Crippen molar-refractivity contribution >= 4 is 17.6 Å². The van der Waals surface area contributed by atoms with Crippen LogP contribution in [0, 0.1) is 6.92 Å². The highest BCUT2D eigenvalue weighted by Crippen LogP contribution is 2.18. The van der Waals surface area contributed by atoms with Gasteiger partial charge in [-0.3, -0.25) is 4.79 Å².